The van der Waals surface area contributed by atoms with Crippen LogP contribution in [0.5, 0.6) is 0 Å². The molecule has 130 valence electrons. The number of hydrogen-bond acceptors (Lipinski definition) is 6. The van der Waals surface area contributed by atoms with Gasteiger partial charge in [0, 0.05) is 33.4 Å². The normalized spacial score (nSPS) is 34.9. The predicted octanol–water partition coefficient (Wildman–Crippen LogP) is 2.85. The van der Waals surface area contributed by atoms with E-state index in [1.807, 2.05) is 6.92 Å². The summed E-state index contributed by atoms with van der Waals surface area (Å²) in [6, 6.07) is 0. The predicted molar refractivity (Wildman–Crippen MR) is 83.3 cm³/mol. The molecular weight excluding hydrogens is 307 g/mol. The molecule has 7 heteroatoms. The Bertz CT molecular complexity index is 377. The largest absolute Gasteiger partial charge is 0.385 e. The molecule has 6 nitrogen and oxygen atoms in total. The molecule has 2 aliphatic heterocycles. The average molecular weight is 336 g/mol. The highest BCUT2D eigenvalue weighted by Crippen LogP contribution is 2.51. The van der Waals surface area contributed by atoms with Crippen molar-refractivity contribution in [2.45, 2.75) is 51.4 Å². The van der Waals surface area contributed by atoms with Crippen LogP contribution in [0.15, 0.2) is 0 Å². The Hall–Kier alpha value is 0.0300. The molecule has 0 aromatic heterocycles. The molecule has 0 saturated carbocycles. The molecule has 1 unspecified atom stereocenters. The highest BCUT2D eigenvalue weighted by atomic mass is 31.2. The smallest absolute Gasteiger partial charge is 0.331 e. The minimum absolute atomic E-state index is 0.0107. The van der Waals surface area contributed by atoms with Crippen LogP contribution < -0.4 is 0 Å². The van der Waals surface area contributed by atoms with Gasteiger partial charge in [0.2, 0.25) is 0 Å². The van der Waals surface area contributed by atoms with E-state index in [0.29, 0.717) is 38.3 Å². The Morgan fingerprint density at radius 1 is 1.18 bits per heavy atom. The van der Waals surface area contributed by atoms with Crippen LogP contribution in [0, 0.1) is 5.92 Å². The van der Waals surface area contributed by atoms with Gasteiger partial charge in [-0.05, 0) is 25.7 Å². The topological polar surface area (TPSA) is 63.2 Å². The number of ether oxygens (including phenoxy) is 3. The Morgan fingerprint density at radius 3 is 2.55 bits per heavy atom. The monoisotopic (exact) mass is 336 g/mol. The van der Waals surface area contributed by atoms with Crippen LogP contribution in [0.4, 0.5) is 0 Å². The van der Waals surface area contributed by atoms with Gasteiger partial charge in [-0.3, -0.25) is 4.57 Å². The van der Waals surface area contributed by atoms with Crippen molar-refractivity contribution in [3.8, 4) is 0 Å². The first-order valence-corrected chi connectivity index (χ1v) is 9.91. The first-order chi connectivity index (χ1) is 10.5. The molecule has 2 fully saturated rings. The van der Waals surface area contributed by atoms with E-state index in [0.717, 1.165) is 19.4 Å². The van der Waals surface area contributed by atoms with Gasteiger partial charge < -0.3 is 23.3 Å². The average Bonchev–Trinajstić information content (AvgIpc) is 3.06. The van der Waals surface area contributed by atoms with Crippen LogP contribution in [-0.4, -0.2) is 58.0 Å². The molecule has 0 aromatic rings. The maximum Gasteiger partial charge on any atom is 0.331 e. The second kappa shape index (κ2) is 8.76. The van der Waals surface area contributed by atoms with Gasteiger partial charge in [-0.25, -0.2) is 0 Å². The summed E-state index contributed by atoms with van der Waals surface area (Å²) in [6.45, 7) is 6.34. The quantitative estimate of drug-likeness (QED) is 0.476. The minimum atomic E-state index is -3.15. The molecule has 0 bridgehead atoms. The molecule has 2 heterocycles. The lowest BCUT2D eigenvalue weighted by Crippen LogP contribution is -2.24. The summed E-state index contributed by atoms with van der Waals surface area (Å²) in [5.74, 6) is 0.432. The first kappa shape index (κ1) is 18.4. The van der Waals surface area contributed by atoms with Crippen LogP contribution in [0.3, 0.4) is 0 Å². The molecule has 0 aromatic carbocycles. The second-order valence-electron chi connectivity index (χ2n) is 6.16. The zero-order chi connectivity index (χ0) is 16.0. The lowest BCUT2D eigenvalue weighted by molar-refractivity contribution is 0.0283. The summed E-state index contributed by atoms with van der Waals surface area (Å²) < 4.78 is 40.8. The SMILES string of the molecule is COCCCP(=O)(OC[C@H]1OCC[C@@H]1C)O[C@H]1CCO[C@@H]1C. The lowest BCUT2D eigenvalue weighted by atomic mass is 10.1. The van der Waals surface area contributed by atoms with Gasteiger partial charge in [0.1, 0.15) is 0 Å². The van der Waals surface area contributed by atoms with Crippen molar-refractivity contribution in [2.24, 2.45) is 5.92 Å². The van der Waals surface area contributed by atoms with Gasteiger partial charge in [0.15, 0.2) is 0 Å². The van der Waals surface area contributed by atoms with Crippen molar-refractivity contribution < 1.29 is 27.8 Å². The van der Waals surface area contributed by atoms with Crippen molar-refractivity contribution in [3.05, 3.63) is 0 Å². The van der Waals surface area contributed by atoms with Gasteiger partial charge in [-0.2, -0.15) is 0 Å². The van der Waals surface area contributed by atoms with Crippen LogP contribution in [0.1, 0.15) is 33.1 Å². The fourth-order valence-corrected chi connectivity index (χ4v) is 4.64. The fraction of sp³-hybridized carbons (Fsp3) is 1.00. The second-order valence-corrected chi connectivity index (χ2v) is 8.30. The summed E-state index contributed by atoms with van der Waals surface area (Å²) >= 11 is 0. The molecule has 0 spiro atoms. The fourth-order valence-electron chi connectivity index (χ4n) is 2.76. The molecule has 5 atom stereocenters. The van der Waals surface area contributed by atoms with Crippen molar-refractivity contribution in [3.63, 3.8) is 0 Å². The zero-order valence-corrected chi connectivity index (χ0v) is 14.8. The van der Waals surface area contributed by atoms with E-state index in [-0.39, 0.29) is 18.3 Å². The van der Waals surface area contributed by atoms with Gasteiger partial charge in [0.25, 0.3) is 0 Å². The van der Waals surface area contributed by atoms with E-state index in [2.05, 4.69) is 6.92 Å². The van der Waals surface area contributed by atoms with Crippen molar-refractivity contribution in [1.29, 1.82) is 0 Å². The standard InChI is InChI=1S/C15H29O6P/c1-12-5-8-19-15(12)11-20-22(16,10-4-7-17-3)21-14-6-9-18-13(14)2/h12-15H,4-11H2,1-3H3/t12-,13+,14-,15+,22?/m0/s1. The van der Waals surface area contributed by atoms with Gasteiger partial charge in [0.05, 0.1) is 31.1 Å². The van der Waals surface area contributed by atoms with E-state index in [9.17, 15) is 4.57 Å². The molecular formula is C15H29O6P. The number of hydrogen-bond donors (Lipinski definition) is 0. The third-order valence-electron chi connectivity index (χ3n) is 4.36. The Kier molecular flexibility index (Phi) is 7.32. The number of rotatable bonds is 9. The highest BCUT2D eigenvalue weighted by molar-refractivity contribution is 7.53. The Labute approximate surface area is 133 Å². The van der Waals surface area contributed by atoms with Gasteiger partial charge in [-0.1, -0.05) is 6.92 Å². The van der Waals surface area contributed by atoms with E-state index in [1.54, 1.807) is 7.11 Å². The third-order valence-corrected chi connectivity index (χ3v) is 6.36. The van der Waals surface area contributed by atoms with Crippen LogP contribution >= 0.6 is 7.60 Å². The van der Waals surface area contributed by atoms with E-state index >= 15 is 0 Å². The molecule has 22 heavy (non-hydrogen) atoms. The first-order valence-electron chi connectivity index (χ1n) is 8.18. The zero-order valence-electron chi connectivity index (χ0n) is 13.9. The molecule has 2 aliphatic rings. The Balaban J connectivity index is 1.89. The summed E-state index contributed by atoms with van der Waals surface area (Å²) in [5.41, 5.74) is 0. The summed E-state index contributed by atoms with van der Waals surface area (Å²) in [7, 11) is -1.52. The molecule has 0 aliphatic carbocycles. The molecule has 0 N–H and O–H groups in total. The molecule has 0 radical (unpaired) electrons. The lowest BCUT2D eigenvalue weighted by Gasteiger charge is -2.25. The molecule has 2 saturated heterocycles. The summed E-state index contributed by atoms with van der Waals surface area (Å²) in [4.78, 5) is 0. The van der Waals surface area contributed by atoms with E-state index in [4.69, 9.17) is 23.3 Å². The van der Waals surface area contributed by atoms with E-state index in [1.165, 1.54) is 0 Å². The maximum atomic E-state index is 13.0. The van der Waals surface area contributed by atoms with Crippen molar-refractivity contribution >= 4 is 7.60 Å². The van der Waals surface area contributed by atoms with Crippen LogP contribution in [-0.2, 0) is 27.8 Å². The summed E-state index contributed by atoms with van der Waals surface area (Å²) in [6.07, 6.45) is 2.61. The van der Waals surface area contributed by atoms with Crippen molar-refractivity contribution in [2.75, 3.05) is 39.7 Å². The third kappa shape index (κ3) is 5.29. The van der Waals surface area contributed by atoms with Crippen molar-refractivity contribution in [1.82, 2.24) is 0 Å². The number of methoxy groups -OCH3 is 1. The maximum absolute atomic E-state index is 13.0. The van der Waals surface area contributed by atoms with Gasteiger partial charge in [-0.15, -0.1) is 0 Å². The van der Waals surface area contributed by atoms with Crippen LogP contribution in [0.25, 0.3) is 0 Å². The summed E-state index contributed by atoms with van der Waals surface area (Å²) in [5, 5.41) is 0. The van der Waals surface area contributed by atoms with Gasteiger partial charge >= 0.3 is 7.60 Å². The Morgan fingerprint density at radius 2 is 1.95 bits per heavy atom. The highest BCUT2D eigenvalue weighted by Gasteiger charge is 2.36. The van der Waals surface area contributed by atoms with E-state index < -0.39 is 7.60 Å². The molecule has 0 amide bonds. The molecule has 2 rings (SSSR count). The minimum Gasteiger partial charge on any atom is -0.385 e. The van der Waals surface area contributed by atoms with Crippen LogP contribution in [0.2, 0.25) is 0 Å².